The van der Waals surface area contributed by atoms with E-state index in [0.29, 0.717) is 11.8 Å². The molecule has 19 heavy (non-hydrogen) atoms. The first kappa shape index (κ1) is 16.4. The third kappa shape index (κ3) is 8.17. The maximum Gasteiger partial charge on any atom is 0.115 e. The topological polar surface area (TPSA) is 32.3 Å². The fourth-order valence-electron chi connectivity index (χ4n) is 2.04. The van der Waals surface area contributed by atoms with Crippen LogP contribution in [0.25, 0.3) is 0 Å². The zero-order valence-electron chi connectivity index (χ0n) is 12.2. The van der Waals surface area contributed by atoms with Gasteiger partial charge in [0.2, 0.25) is 0 Å². The lowest BCUT2D eigenvalue weighted by Gasteiger charge is -2.13. The molecular weight excluding hydrogens is 254 g/mol. The third-order valence-corrected chi connectivity index (χ3v) is 4.02. The standard InChI is InChI=1S/C16H27NOS/c1-14(17-12-4-3-5-13-19-2)6-7-15-8-10-16(18)11-9-15/h8-11,14,17-18H,3-7,12-13H2,1-2H3. The van der Waals surface area contributed by atoms with Crippen LogP contribution in [0.15, 0.2) is 24.3 Å². The molecule has 3 heteroatoms. The van der Waals surface area contributed by atoms with Gasteiger partial charge in [0, 0.05) is 6.04 Å². The van der Waals surface area contributed by atoms with Crippen molar-refractivity contribution in [3.8, 4) is 5.75 Å². The number of benzene rings is 1. The average Bonchev–Trinajstić information content (AvgIpc) is 2.42. The van der Waals surface area contributed by atoms with Gasteiger partial charge in [-0.25, -0.2) is 0 Å². The molecule has 0 radical (unpaired) electrons. The molecule has 0 aliphatic carbocycles. The summed E-state index contributed by atoms with van der Waals surface area (Å²) in [6.07, 6.45) is 8.34. The van der Waals surface area contributed by atoms with Crippen molar-refractivity contribution in [2.75, 3.05) is 18.6 Å². The molecule has 0 saturated heterocycles. The molecule has 0 heterocycles. The Morgan fingerprint density at radius 3 is 2.58 bits per heavy atom. The summed E-state index contributed by atoms with van der Waals surface area (Å²) in [5, 5.41) is 12.8. The predicted octanol–water partition coefficient (Wildman–Crippen LogP) is 3.84. The minimum absolute atomic E-state index is 0.347. The molecule has 1 rings (SSSR count). The second-order valence-electron chi connectivity index (χ2n) is 5.11. The van der Waals surface area contributed by atoms with Gasteiger partial charge in [-0.15, -0.1) is 0 Å². The van der Waals surface area contributed by atoms with Gasteiger partial charge >= 0.3 is 0 Å². The second kappa shape index (κ2) is 10.2. The average molecular weight is 281 g/mol. The number of aromatic hydroxyl groups is 1. The Morgan fingerprint density at radius 1 is 1.16 bits per heavy atom. The van der Waals surface area contributed by atoms with Crippen LogP contribution >= 0.6 is 11.8 Å². The molecule has 108 valence electrons. The summed E-state index contributed by atoms with van der Waals surface area (Å²) in [6.45, 7) is 3.38. The highest BCUT2D eigenvalue weighted by Gasteiger charge is 2.02. The van der Waals surface area contributed by atoms with Gasteiger partial charge in [-0.3, -0.25) is 0 Å². The summed E-state index contributed by atoms with van der Waals surface area (Å²) < 4.78 is 0. The number of thioether (sulfide) groups is 1. The van der Waals surface area contributed by atoms with Crippen LogP contribution in [-0.4, -0.2) is 29.7 Å². The zero-order valence-corrected chi connectivity index (χ0v) is 13.0. The molecule has 0 aliphatic rings. The largest absolute Gasteiger partial charge is 0.508 e. The van der Waals surface area contributed by atoms with E-state index >= 15 is 0 Å². The summed E-state index contributed by atoms with van der Waals surface area (Å²) in [5.41, 5.74) is 1.30. The van der Waals surface area contributed by atoms with Gasteiger partial charge in [0.05, 0.1) is 0 Å². The fraction of sp³-hybridized carbons (Fsp3) is 0.625. The van der Waals surface area contributed by atoms with Crippen molar-refractivity contribution < 1.29 is 5.11 Å². The van der Waals surface area contributed by atoms with Crippen molar-refractivity contribution in [1.82, 2.24) is 5.32 Å². The van der Waals surface area contributed by atoms with Crippen molar-refractivity contribution >= 4 is 11.8 Å². The number of hydrogen-bond donors (Lipinski definition) is 2. The van der Waals surface area contributed by atoms with Crippen molar-refractivity contribution in [3.05, 3.63) is 29.8 Å². The maximum atomic E-state index is 9.23. The van der Waals surface area contributed by atoms with E-state index in [1.165, 1.54) is 30.6 Å². The lowest BCUT2D eigenvalue weighted by atomic mass is 10.1. The van der Waals surface area contributed by atoms with E-state index in [2.05, 4.69) is 18.5 Å². The van der Waals surface area contributed by atoms with Crippen LogP contribution in [0.3, 0.4) is 0 Å². The number of nitrogens with one attached hydrogen (secondary N) is 1. The SMILES string of the molecule is CSCCCCCNC(C)CCc1ccc(O)cc1. The summed E-state index contributed by atoms with van der Waals surface area (Å²) in [7, 11) is 0. The number of phenols is 1. The Labute approximate surface area is 122 Å². The number of aryl methyl sites for hydroxylation is 1. The van der Waals surface area contributed by atoms with Crippen LogP contribution in [0.5, 0.6) is 5.75 Å². The molecule has 0 aromatic heterocycles. The van der Waals surface area contributed by atoms with Crippen LogP contribution in [0.2, 0.25) is 0 Å². The fourth-order valence-corrected chi connectivity index (χ4v) is 2.54. The molecule has 1 aromatic carbocycles. The van der Waals surface area contributed by atoms with E-state index in [9.17, 15) is 5.11 Å². The Hall–Kier alpha value is -0.670. The van der Waals surface area contributed by atoms with E-state index in [1.54, 1.807) is 12.1 Å². The molecule has 1 unspecified atom stereocenters. The van der Waals surface area contributed by atoms with Gasteiger partial charge in [-0.2, -0.15) is 11.8 Å². The molecule has 0 fully saturated rings. The van der Waals surface area contributed by atoms with Crippen LogP contribution < -0.4 is 5.32 Å². The lowest BCUT2D eigenvalue weighted by molar-refractivity contribution is 0.474. The quantitative estimate of drug-likeness (QED) is 0.639. The molecule has 0 amide bonds. The Kier molecular flexibility index (Phi) is 8.76. The minimum Gasteiger partial charge on any atom is -0.508 e. The maximum absolute atomic E-state index is 9.23. The van der Waals surface area contributed by atoms with E-state index < -0.39 is 0 Å². The zero-order chi connectivity index (χ0) is 13.9. The summed E-state index contributed by atoms with van der Waals surface area (Å²) in [4.78, 5) is 0. The molecular formula is C16H27NOS. The van der Waals surface area contributed by atoms with Gasteiger partial charge in [-0.1, -0.05) is 18.6 Å². The molecule has 0 saturated carbocycles. The molecule has 0 aliphatic heterocycles. The first-order valence-electron chi connectivity index (χ1n) is 7.22. The van der Waals surface area contributed by atoms with Crippen LogP contribution in [0.4, 0.5) is 0 Å². The van der Waals surface area contributed by atoms with Crippen LogP contribution in [0, 0.1) is 0 Å². The third-order valence-electron chi connectivity index (χ3n) is 3.32. The van der Waals surface area contributed by atoms with Crippen LogP contribution in [0.1, 0.15) is 38.2 Å². The molecule has 1 aromatic rings. The Balaban J connectivity index is 2.04. The Morgan fingerprint density at radius 2 is 1.89 bits per heavy atom. The molecule has 2 N–H and O–H groups in total. The van der Waals surface area contributed by atoms with Gasteiger partial charge in [-0.05, 0) is 68.9 Å². The van der Waals surface area contributed by atoms with Crippen molar-refractivity contribution in [2.45, 2.75) is 45.1 Å². The normalized spacial score (nSPS) is 12.5. The molecule has 1 atom stereocenters. The monoisotopic (exact) mass is 281 g/mol. The summed E-state index contributed by atoms with van der Waals surface area (Å²) >= 11 is 1.93. The van der Waals surface area contributed by atoms with E-state index in [4.69, 9.17) is 0 Å². The minimum atomic E-state index is 0.347. The summed E-state index contributed by atoms with van der Waals surface area (Å²) in [6, 6.07) is 8.10. The first-order chi connectivity index (χ1) is 9.22. The van der Waals surface area contributed by atoms with Crippen molar-refractivity contribution in [3.63, 3.8) is 0 Å². The molecule has 2 nitrogen and oxygen atoms in total. The van der Waals surface area contributed by atoms with Crippen molar-refractivity contribution in [2.24, 2.45) is 0 Å². The van der Waals surface area contributed by atoms with Gasteiger partial charge in [0.1, 0.15) is 5.75 Å². The highest BCUT2D eigenvalue weighted by Crippen LogP contribution is 2.12. The molecule has 0 bridgehead atoms. The van der Waals surface area contributed by atoms with E-state index in [-0.39, 0.29) is 0 Å². The second-order valence-corrected chi connectivity index (χ2v) is 6.10. The van der Waals surface area contributed by atoms with Crippen molar-refractivity contribution in [1.29, 1.82) is 0 Å². The highest BCUT2D eigenvalue weighted by molar-refractivity contribution is 7.98. The first-order valence-corrected chi connectivity index (χ1v) is 8.62. The van der Waals surface area contributed by atoms with Gasteiger partial charge in [0.25, 0.3) is 0 Å². The lowest BCUT2D eigenvalue weighted by Crippen LogP contribution is -2.27. The highest BCUT2D eigenvalue weighted by atomic mass is 32.2. The van der Waals surface area contributed by atoms with Gasteiger partial charge < -0.3 is 10.4 Å². The van der Waals surface area contributed by atoms with E-state index in [0.717, 1.165) is 19.4 Å². The number of rotatable bonds is 10. The van der Waals surface area contributed by atoms with Gasteiger partial charge in [0.15, 0.2) is 0 Å². The number of hydrogen-bond acceptors (Lipinski definition) is 3. The number of phenolic OH excluding ortho intramolecular Hbond substituents is 1. The van der Waals surface area contributed by atoms with E-state index in [1.807, 2.05) is 23.9 Å². The summed E-state index contributed by atoms with van der Waals surface area (Å²) in [5.74, 6) is 1.64. The van der Waals surface area contributed by atoms with Crippen LogP contribution in [-0.2, 0) is 6.42 Å². The number of unbranched alkanes of at least 4 members (excludes halogenated alkanes) is 2. The predicted molar refractivity (Wildman–Crippen MR) is 86.1 cm³/mol. The molecule has 0 spiro atoms. The smallest absolute Gasteiger partial charge is 0.115 e. The Bertz CT molecular complexity index is 326.